The molecule has 1 saturated carbocycles. The molecule has 0 aromatic rings. The second-order valence-electron chi connectivity index (χ2n) is 17.3. The quantitative estimate of drug-likeness (QED) is 0.0146. The zero-order valence-corrected chi connectivity index (χ0v) is 40.9. The maximum atomic E-state index is 12.8. The van der Waals surface area contributed by atoms with Crippen LogP contribution in [0.5, 0.6) is 0 Å². The zero-order valence-electron chi connectivity index (χ0n) is 40.0. The van der Waals surface area contributed by atoms with Crippen molar-refractivity contribution in [3.63, 3.8) is 0 Å². The van der Waals surface area contributed by atoms with Gasteiger partial charge in [-0.1, -0.05) is 190 Å². The van der Waals surface area contributed by atoms with Crippen molar-refractivity contribution in [1.82, 2.24) is 0 Å². The average molecular weight is 941 g/mol. The molecule has 0 heterocycles. The average Bonchev–Trinajstić information content (AvgIpc) is 3.29. The number of carbonyl (C=O) groups excluding carboxylic acids is 2. The molecule has 1 aliphatic rings. The summed E-state index contributed by atoms with van der Waals surface area (Å²) in [6.45, 7) is 3.16. The predicted octanol–water partition coefficient (Wildman–Crippen LogP) is 10.5. The van der Waals surface area contributed by atoms with Crippen molar-refractivity contribution < 1.29 is 63.1 Å². The molecule has 0 aromatic carbocycles. The highest BCUT2D eigenvalue weighted by Gasteiger charge is 2.51. The van der Waals surface area contributed by atoms with E-state index in [4.69, 9.17) is 18.5 Å². The first-order valence-electron chi connectivity index (χ1n) is 25.1. The number of allylic oxidation sites excluding steroid dienone is 10. The minimum atomic E-state index is -5.14. The first kappa shape index (κ1) is 60.6. The maximum Gasteiger partial charge on any atom is 0.472 e. The van der Waals surface area contributed by atoms with Gasteiger partial charge in [-0.15, -0.1) is 0 Å². The number of rotatable bonds is 41. The minimum absolute atomic E-state index is 0.0178. The number of aliphatic hydroxyl groups excluding tert-OH is 5. The Morgan fingerprint density at radius 1 is 0.492 bits per heavy atom. The highest BCUT2D eigenvalue weighted by atomic mass is 31.2. The second-order valence-corrected chi connectivity index (χ2v) is 18.7. The van der Waals surface area contributed by atoms with Gasteiger partial charge in [0.25, 0.3) is 0 Å². The SMILES string of the molecule is CC/C=C\C/C=C\C/C=C\C/C=C\C/C=C\CCCC(=O)OC(COC(=O)CCCCCCCCCCCCCCCCCCCCC)COP(=O)(O)OC1C(O)C(O)C(O)C(O)C1O. The first-order chi connectivity index (χ1) is 31.4. The van der Waals surface area contributed by atoms with Gasteiger partial charge in [-0.3, -0.25) is 18.6 Å². The third-order valence-corrected chi connectivity index (χ3v) is 12.4. The lowest BCUT2D eigenvalue weighted by Gasteiger charge is -2.41. The Bertz CT molecular complexity index is 1370. The molecule has 1 fully saturated rings. The van der Waals surface area contributed by atoms with Gasteiger partial charge in [-0.05, 0) is 51.4 Å². The van der Waals surface area contributed by atoms with Crippen LogP contribution in [-0.4, -0.2) is 98.3 Å². The van der Waals surface area contributed by atoms with Crippen molar-refractivity contribution in [1.29, 1.82) is 0 Å². The summed E-state index contributed by atoms with van der Waals surface area (Å²) in [5, 5.41) is 50.2. The van der Waals surface area contributed by atoms with E-state index in [1.807, 2.05) is 12.2 Å². The van der Waals surface area contributed by atoms with Crippen LogP contribution >= 0.6 is 7.82 Å². The zero-order chi connectivity index (χ0) is 47.8. The number of hydrogen-bond acceptors (Lipinski definition) is 12. The summed E-state index contributed by atoms with van der Waals surface area (Å²) < 4.78 is 33.5. The molecule has 0 amide bonds. The van der Waals surface area contributed by atoms with Crippen molar-refractivity contribution in [3.8, 4) is 0 Å². The Balaban J connectivity index is 2.44. The normalized spacial score (nSPS) is 21.9. The van der Waals surface area contributed by atoms with Gasteiger partial charge < -0.3 is 39.9 Å². The Hall–Kier alpha value is -2.45. The van der Waals surface area contributed by atoms with Crippen LogP contribution in [0.25, 0.3) is 0 Å². The number of unbranched alkanes of at least 4 members (excludes halogenated alkanes) is 19. The number of phosphoric acid groups is 1. The molecular weight excluding hydrogens is 852 g/mol. The summed E-state index contributed by atoms with van der Waals surface area (Å²) in [6, 6.07) is 0. The molecular formula is C51H89O13P. The maximum absolute atomic E-state index is 12.8. The van der Waals surface area contributed by atoms with Crippen LogP contribution in [0.3, 0.4) is 0 Å². The van der Waals surface area contributed by atoms with Crippen molar-refractivity contribution in [2.75, 3.05) is 13.2 Å². The predicted molar refractivity (Wildman–Crippen MR) is 258 cm³/mol. The molecule has 1 aliphatic carbocycles. The molecule has 0 spiro atoms. The third kappa shape index (κ3) is 32.8. The third-order valence-electron chi connectivity index (χ3n) is 11.4. The molecule has 14 heteroatoms. The van der Waals surface area contributed by atoms with E-state index in [2.05, 4.69) is 62.5 Å². The molecule has 6 unspecified atom stereocenters. The Morgan fingerprint density at radius 3 is 1.32 bits per heavy atom. The van der Waals surface area contributed by atoms with E-state index in [1.54, 1.807) is 0 Å². The molecule has 1 rings (SSSR count). The van der Waals surface area contributed by atoms with Gasteiger partial charge >= 0.3 is 19.8 Å². The van der Waals surface area contributed by atoms with Crippen LogP contribution in [0, 0.1) is 0 Å². The van der Waals surface area contributed by atoms with E-state index >= 15 is 0 Å². The van der Waals surface area contributed by atoms with Crippen LogP contribution in [-0.2, 0) is 32.7 Å². The summed E-state index contributed by atoms with van der Waals surface area (Å²) in [5.41, 5.74) is 0. The molecule has 6 atom stereocenters. The lowest BCUT2D eigenvalue weighted by molar-refractivity contribution is -0.220. The Morgan fingerprint density at radius 2 is 0.877 bits per heavy atom. The van der Waals surface area contributed by atoms with E-state index in [0.717, 1.165) is 51.4 Å². The molecule has 65 heavy (non-hydrogen) atoms. The van der Waals surface area contributed by atoms with Gasteiger partial charge in [0.2, 0.25) is 0 Å². The highest BCUT2D eigenvalue weighted by molar-refractivity contribution is 7.47. The van der Waals surface area contributed by atoms with Crippen molar-refractivity contribution in [2.24, 2.45) is 0 Å². The van der Waals surface area contributed by atoms with Crippen LogP contribution in [0.2, 0.25) is 0 Å². The fourth-order valence-corrected chi connectivity index (χ4v) is 8.36. The minimum Gasteiger partial charge on any atom is -0.462 e. The Kier molecular flexibility index (Phi) is 37.8. The van der Waals surface area contributed by atoms with Crippen molar-refractivity contribution >= 4 is 19.8 Å². The molecule has 6 N–H and O–H groups in total. The molecule has 0 saturated heterocycles. The fourth-order valence-electron chi connectivity index (χ4n) is 7.38. The number of hydrogen-bond donors (Lipinski definition) is 6. The molecule has 13 nitrogen and oxygen atoms in total. The number of esters is 2. The molecule has 0 bridgehead atoms. The van der Waals surface area contributed by atoms with Gasteiger partial charge in [0.1, 0.15) is 43.2 Å². The first-order valence-corrected chi connectivity index (χ1v) is 26.6. The monoisotopic (exact) mass is 941 g/mol. The standard InChI is InChI=1S/C51H89O13P/c1-3-5-7-9-11-13-15-17-19-21-22-24-25-27-29-31-33-35-37-39-44(52)61-41-43(42-62-65(59,60)64-51-49(57)47(55)46(54)48(56)50(51)58)63-45(53)40-38-36-34-32-30-28-26-23-20-18-16-14-12-10-8-6-4-2/h6,8,12,14,18,20,26,28,32,34,43,46-51,54-58H,3-5,7,9-11,13,15-17,19,21-25,27,29-31,33,35-42H2,1-2H3,(H,59,60)/b8-6-,14-12-,20-18-,28-26-,34-32-. The van der Waals surface area contributed by atoms with Crippen LogP contribution in [0.4, 0.5) is 0 Å². The number of carbonyl (C=O) groups is 2. The second kappa shape index (κ2) is 40.6. The topological polar surface area (TPSA) is 210 Å². The lowest BCUT2D eigenvalue weighted by Crippen LogP contribution is -2.64. The van der Waals surface area contributed by atoms with Gasteiger partial charge in [-0.25, -0.2) is 4.57 Å². The number of phosphoric ester groups is 1. The highest BCUT2D eigenvalue weighted by Crippen LogP contribution is 2.47. The van der Waals surface area contributed by atoms with E-state index < -0.39 is 75.7 Å². The summed E-state index contributed by atoms with van der Waals surface area (Å²) in [7, 11) is -5.14. The van der Waals surface area contributed by atoms with Crippen molar-refractivity contribution in [2.45, 2.75) is 236 Å². The van der Waals surface area contributed by atoms with E-state index in [1.165, 1.54) is 96.3 Å². The Labute approximate surface area is 392 Å². The van der Waals surface area contributed by atoms with Crippen LogP contribution < -0.4 is 0 Å². The van der Waals surface area contributed by atoms with E-state index in [0.29, 0.717) is 19.3 Å². The van der Waals surface area contributed by atoms with Gasteiger partial charge in [0, 0.05) is 12.8 Å². The smallest absolute Gasteiger partial charge is 0.462 e. The number of ether oxygens (including phenoxy) is 2. The van der Waals surface area contributed by atoms with Crippen LogP contribution in [0.15, 0.2) is 60.8 Å². The molecule has 0 radical (unpaired) electrons. The molecule has 0 aliphatic heterocycles. The summed E-state index contributed by atoms with van der Waals surface area (Å²) in [5.74, 6) is -1.16. The molecule has 376 valence electrons. The largest absolute Gasteiger partial charge is 0.472 e. The summed E-state index contributed by atoms with van der Waals surface area (Å²) in [4.78, 5) is 35.8. The van der Waals surface area contributed by atoms with E-state index in [9.17, 15) is 44.6 Å². The fraction of sp³-hybridized carbons (Fsp3) is 0.765. The van der Waals surface area contributed by atoms with E-state index in [-0.39, 0.29) is 12.8 Å². The van der Waals surface area contributed by atoms with Gasteiger partial charge in [0.05, 0.1) is 6.61 Å². The van der Waals surface area contributed by atoms with Gasteiger partial charge in [-0.2, -0.15) is 0 Å². The number of aliphatic hydroxyl groups is 5. The summed E-state index contributed by atoms with van der Waals surface area (Å²) >= 11 is 0. The van der Waals surface area contributed by atoms with Gasteiger partial charge in [0.15, 0.2) is 6.10 Å². The lowest BCUT2D eigenvalue weighted by atomic mass is 9.85. The van der Waals surface area contributed by atoms with Crippen LogP contribution in [0.1, 0.15) is 194 Å². The molecule has 0 aromatic heterocycles. The summed E-state index contributed by atoms with van der Waals surface area (Å²) in [6.07, 6.45) is 37.1. The van der Waals surface area contributed by atoms with Crippen molar-refractivity contribution in [3.05, 3.63) is 60.8 Å².